The Labute approximate surface area is 178 Å². The molecule has 29 heavy (non-hydrogen) atoms. The molecule has 1 fully saturated rings. The number of piperidine rings is 1. The standard InChI is InChI=1S/C21H21ClF3NO2.ClH/c22-18-7-6-16(14-17(18)21(23,24)25)20(28)9-12-26(13-10-20)11-8-19(27)15-4-2-1-3-5-15;/h1-7,14,28H,8-13H2;1H. The van der Waals surface area contributed by atoms with Crippen LogP contribution < -0.4 is 0 Å². The number of halogens is 5. The van der Waals surface area contributed by atoms with Crippen molar-refractivity contribution in [2.45, 2.75) is 31.0 Å². The van der Waals surface area contributed by atoms with Crippen LogP contribution in [0.3, 0.4) is 0 Å². The second kappa shape index (κ2) is 9.47. The third-order valence-corrected chi connectivity index (χ3v) is 5.57. The van der Waals surface area contributed by atoms with Gasteiger partial charge in [0.25, 0.3) is 0 Å². The van der Waals surface area contributed by atoms with Crippen molar-refractivity contribution in [2.24, 2.45) is 0 Å². The number of carbonyl (C=O) groups excluding carboxylic acids is 1. The summed E-state index contributed by atoms with van der Waals surface area (Å²) in [6, 6.07) is 12.6. The van der Waals surface area contributed by atoms with Crippen molar-refractivity contribution in [1.82, 2.24) is 4.90 Å². The number of benzene rings is 2. The monoisotopic (exact) mass is 447 g/mol. The molecule has 0 atom stereocenters. The fourth-order valence-electron chi connectivity index (χ4n) is 3.50. The lowest BCUT2D eigenvalue weighted by Crippen LogP contribution is -2.43. The highest BCUT2D eigenvalue weighted by molar-refractivity contribution is 6.31. The minimum Gasteiger partial charge on any atom is -0.385 e. The van der Waals surface area contributed by atoms with Crippen molar-refractivity contribution in [1.29, 1.82) is 0 Å². The Morgan fingerprint density at radius 2 is 1.72 bits per heavy atom. The van der Waals surface area contributed by atoms with Crippen LogP contribution in [0.4, 0.5) is 13.2 Å². The maximum Gasteiger partial charge on any atom is 0.417 e. The van der Waals surface area contributed by atoms with Crippen molar-refractivity contribution < 1.29 is 23.1 Å². The van der Waals surface area contributed by atoms with Crippen LogP contribution in [0.25, 0.3) is 0 Å². The van der Waals surface area contributed by atoms with E-state index in [4.69, 9.17) is 11.6 Å². The van der Waals surface area contributed by atoms with E-state index in [0.717, 1.165) is 6.07 Å². The molecule has 8 heteroatoms. The van der Waals surface area contributed by atoms with Gasteiger partial charge in [0.2, 0.25) is 0 Å². The summed E-state index contributed by atoms with van der Waals surface area (Å²) in [4.78, 5) is 14.3. The highest BCUT2D eigenvalue weighted by Gasteiger charge is 2.38. The third-order valence-electron chi connectivity index (χ3n) is 5.24. The molecule has 0 unspecified atom stereocenters. The normalized spacial score (nSPS) is 16.9. The first-order valence-electron chi connectivity index (χ1n) is 9.09. The zero-order chi connectivity index (χ0) is 20.4. The Morgan fingerprint density at radius 1 is 1.10 bits per heavy atom. The quantitative estimate of drug-likeness (QED) is 0.629. The van der Waals surface area contributed by atoms with E-state index in [0.29, 0.717) is 44.5 Å². The van der Waals surface area contributed by atoms with Gasteiger partial charge < -0.3 is 10.0 Å². The van der Waals surface area contributed by atoms with Crippen molar-refractivity contribution in [3.8, 4) is 0 Å². The molecule has 1 aliphatic heterocycles. The summed E-state index contributed by atoms with van der Waals surface area (Å²) >= 11 is 5.67. The van der Waals surface area contributed by atoms with Crippen molar-refractivity contribution in [3.63, 3.8) is 0 Å². The van der Waals surface area contributed by atoms with E-state index in [9.17, 15) is 23.1 Å². The van der Waals surface area contributed by atoms with Gasteiger partial charge in [-0.2, -0.15) is 13.2 Å². The number of hydrogen-bond acceptors (Lipinski definition) is 3. The summed E-state index contributed by atoms with van der Waals surface area (Å²) in [7, 11) is 0. The lowest BCUT2D eigenvalue weighted by molar-refractivity contribution is -0.137. The van der Waals surface area contributed by atoms with Crippen LogP contribution >= 0.6 is 24.0 Å². The number of likely N-dealkylation sites (tertiary alicyclic amines) is 1. The maximum absolute atomic E-state index is 13.1. The van der Waals surface area contributed by atoms with E-state index in [1.165, 1.54) is 12.1 Å². The predicted octanol–water partition coefficient (Wildman–Crippen LogP) is 5.34. The van der Waals surface area contributed by atoms with Crippen LogP contribution in [0.5, 0.6) is 0 Å². The van der Waals surface area contributed by atoms with Gasteiger partial charge in [-0.05, 0) is 30.5 Å². The second-order valence-corrected chi connectivity index (χ2v) is 7.51. The Hall–Kier alpha value is -1.60. The molecule has 158 valence electrons. The maximum atomic E-state index is 13.1. The summed E-state index contributed by atoms with van der Waals surface area (Å²) in [5.41, 5.74) is -1.37. The molecule has 0 aromatic heterocycles. The van der Waals surface area contributed by atoms with Gasteiger partial charge in [0, 0.05) is 31.6 Å². The molecule has 0 aliphatic carbocycles. The Kier molecular flexibility index (Phi) is 7.74. The van der Waals surface area contributed by atoms with Gasteiger partial charge in [-0.15, -0.1) is 12.4 Å². The number of hydrogen-bond donors (Lipinski definition) is 1. The van der Waals surface area contributed by atoms with E-state index in [1.54, 1.807) is 12.1 Å². The van der Waals surface area contributed by atoms with Crippen LogP contribution in [-0.2, 0) is 11.8 Å². The Morgan fingerprint density at radius 3 is 2.31 bits per heavy atom. The smallest absolute Gasteiger partial charge is 0.385 e. The molecule has 0 spiro atoms. The Bertz CT molecular complexity index is 836. The van der Waals surface area contributed by atoms with Crippen LogP contribution in [0.1, 0.15) is 40.7 Å². The average Bonchev–Trinajstić information content (AvgIpc) is 2.67. The average molecular weight is 448 g/mol. The van der Waals surface area contributed by atoms with Crippen molar-refractivity contribution in [3.05, 3.63) is 70.2 Å². The molecule has 3 rings (SSSR count). The molecule has 2 aromatic rings. The molecule has 3 nitrogen and oxygen atoms in total. The van der Waals surface area contributed by atoms with Gasteiger partial charge >= 0.3 is 6.18 Å². The van der Waals surface area contributed by atoms with Gasteiger partial charge in [-0.25, -0.2) is 0 Å². The number of rotatable bonds is 5. The van der Waals surface area contributed by atoms with Gasteiger partial charge in [0.05, 0.1) is 16.2 Å². The number of ketones is 1. The summed E-state index contributed by atoms with van der Waals surface area (Å²) in [6.45, 7) is 1.56. The number of aliphatic hydroxyl groups is 1. The van der Waals surface area contributed by atoms with E-state index in [-0.39, 0.29) is 28.8 Å². The van der Waals surface area contributed by atoms with E-state index >= 15 is 0 Å². The topological polar surface area (TPSA) is 40.5 Å². The molecule has 0 amide bonds. The van der Waals surface area contributed by atoms with Crippen LogP contribution in [0.15, 0.2) is 48.5 Å². The van der Waals surface area contributed by atoms with E-state index in [2.05, 4.69) is 4.90 Å². The molecule has 1 aliphatic rings. The lowest BCUT2D eigenvalue weighted by atomic mass is 9.83. The first-order chi connectivity index (χ1) is 13.2. The predicted molar refractivity (Wildman–Crippen MR) is 109 cm³/mol. The van der Waals surface area contributed by atoms with Crippen LogP contribution in [0, 0.1) is 0 Å². The fraction of sp³-hybridized carbons (Fsp3) is 0.381. The molecule has 1 heterocycles. The number of Topliss-reactive ketones (excluding diaryl/α,β-unsaturated/α-hetero) is 1. The van der Waals surface area contributed by atoms with E-state index in [1.807, 2.05) is 18.2 Å². The highest BCUT2D eigenvalue weighted by Crippen LogP contribution is 2.39. The lowest BCUT2D eigenvalue weighted by Gasteiger charge is -2.38. The molecular formula is C21H22Cl2F3NO2. The molecule has 1 N–H and O–H groups in total. The second-order valence-electron chi connectivity index (χ2n) is 7.10. The van der Waals surface area contributed by atoms with Crippen molar-refractivity contribution in [2.75, 3.05) is 19.6 Å². The molecule has 2 aromatic carbocycles. The first-order valence-corrected chi connectivity index (χ1v) is 9.47. The molecule has 0 bridgehead atoms. The molecule has 0 radical (unpaired) electrons. The number of alkyl halides is 3. The minimum absolute atomic E-state index is 0. The summed E-state index contributed by atoms with van der Waals surface area (Å²) in [5, 5.41) is 10.5. The summed E-state index contributed by atoms with van der Waals surface area (Å²) in [5.74, 6) is 0.0500. The molecule has 0 saturated carbocycles. The highest BCUT2D eigenvalue weighted by atomic mass is 35.5. The largest absolute Gasteiger partial charge is 0.417 e. The van der Waals surface area contributed by atoms with Crippen LogP contribution in [0.2, 0.25) is 5.02 Å². The van der Waals surface area contributed by atoms with Gasteiger partial charge in [-0.3, -0.25) is 4.79 Å². The SMILES string of the molecule is Cl.O=C(CCN1CCC(O)(c2ccc(Cl)c(C(F)(F)F)c2)CC1)c1ccccc1. The summed E-state index contributed by atoms with van der Waals surface area (Å²) in [6.07, 6.45) is -3.61. The van der Waals surface area contributed by atoms with Gasteiger partial charge in [-0.1, -0.05) is 48.0 Å². The summed E-state index contributed by atoms with van der Waals surface area (Å²) < 4.78 is 39.3. The van der Waals surface area contributed by atoms with Crippen molar-refractivity contribution >= 4 is 29.8 Å². The minimum atomic E-state index is -4.57. The zero-order valence-electron chi connectivity index (χ0n) is 15.6. The van der Waals surface area contributed by atoms with Gasteiger partial charge in [0.1, 0.15) is 0 Å². The zero-order valence-corrected chi connectivity index (χ0v) is 17.2. The first kappa shape index (κ1) is 23.7. The molecular weight excluding hydrogens is 426 g/mol. The molecule has 1 saturated heterocycles. The van der Waals surface area contributed by atoms with E-state index < -0.39 is 17.3 Å². The fourth-order valence-corrected chi connectivity index (χ4v) is 3.72. The third kappa shape index (κ3) is 5.72. The Balaban J connectivity index is 0.00000300. The number of nitrogens with zero attached hydrogens (tertiary/aromatic N) is 1. The number of carbonyl (C=O) groups is 1. The van der Waals surface area contributed by atoms with Crippen LogP contribution in [-0.4, -0.2) is 35.4 Å². The van der Waals surface area contributed by atoms with Gasteiger partial charge in [0.15, 0.2) is 5.78 Å².